The van der Waals surface area contributed by atoms with Crippen LogP contribution in [0, 0.1) is 0 Å². The summed E-state index contributed by atoms with van der Waals surface area (Å²) in [7, 11) is -0.937. The Morgan fingerprint density at radius 3 is 2.48 bits per heavy atom. The molecule has 1 aromatic carbocycles. The molecule has 23 heavy (non-hydrogen) atoms. The minimum absolute atomic E-state index is 0.102. The van der Waals surface area contributed by atoms with Crippen molar-refractivity contribution in [3.05, 3.63) is 21.7 Å². The Hall–Kier alpha value is -0.990. The quantitative estimate of drug-likeness (QED) is 0.567. The lowest BCUT2D eigenvalue weighted by atomic mass is 10.1. The number of carbonyl (C=O) groups is 1. The number of rotatable bonds is 6. The van der Waals surface area contributed by atoms with Crippen LogP contribution in [0.5, 0.6) is 0 Å². The van der Waals surface area contributed by atoms with Gasteiger partial charge < -0.3 is 11.1 Å². The van der Waals surface area contributed by atoms with E-state index in [4.69, 9.17) is 28.9 Å². The van der Waals surface area contributed by atoms with Gasteiger partial charge in [0.05, 0.1) is 27.0 Å². The highest BCUT2D eigenvalue weighted by Crippen LogP contribution is 2.43. The maximum absolute atomic E-state index is 12.8. The van der Waals surface area contributed by atoms with Gasteiger partial charge in [-0.2, -0.15) is 13.2 Å². The lowest BCUT2D eigenvalue weighted by Gasteiger charge is -2.16. The second kappa shape index (κ2) is 8.21. The van der Waals surface area contributed by atoms with Gasteiger partial charge in [-0.15, -0.1) is 0 Å². The molecule has 1 rings (SSSR count). The number of anilines is 2. The van der Waals surface area contributed by atoms with Gasteiger partial charge in [0.25, 0.3) is 0 Å². The highest BCUT2D eigenvalue weighted by atomic mass is 35.5. The van der Waals surface area contributed by atoms with Crippen molar-refractivity contribution in [2.24, 2.45) is 0 Å². The Morgan fingerprint density at radius 2 is 1.96 bits per heavy atom. The van der Waals surface area contributed by atoms with Crippen molar-refractivity contribution < 1.29 is 22.2 Å². The Labute approximate surface area is 144 Å². The predicted molar refractivity (Wildman–Crippen MR) is 87.3 cm³/mol. The van der Waals surface area contributed by atoms with Crippen LogP contribution in [-0.2, 0) is 21.8 Å². The van der Waals surface area contributed by atoms with E-state index in [0.717, 1.165) is 0 Å². The molecular formula is C13H15Cl2F3N2O2S. The van der Waals surface area contributed by atoms with Crippen LogP contribution in [0.3, 0.4) is 0 Å². The van der Waals surface area contributed by atoms with E-state index in [0.29, 0.717) is 24.7 Å². The van der Waals surface area contributed by atoms with E-state index < -0.39 is 39.2 Å². The average Bonchev–Trinajstić information content (AvgIpc) is 2.42. The largest absolute Gasteiger partial charge is 0.418 e. The topological polar surface area (TPSA) is 72.2 Å². The van der Waals surface area contributed by atoms with Crippen molar-refractivity contribution in [2.45, 2.75) is 25.4 Å². The molecule has 1 amide bonds. The maximum atomic E-state index is 12.8. The number of halogens is 5. The van der Waals surface area contributed by atoms with E-state index in [1.54, 1.807) is 6.26 Å². The van der Waals surface area contributed by atoms with Crippen molar-refractivity contribution >= 4 is 51.3 Å². The Kier molecular flexibility index (Phi) is 7.16. The average molecular weight is 391 g/mol. The fourth-order valence-corrected chi connectivity index (χ4v) is 2.94. The summed E-state index contributed by atoms with van der Waals surface area (Å²) in [6.07, 6.45) is -1.96. The zero-order valence-electron chi connectivity index (χ0n) is 12.1. The number of benzene rings is 1. The highest BCUT2D eigenvalue weighted by Gasteiger charge is 2.35. The number of carbonyl (C=O) groups excluding carboxylic acids is 1. The van der Waals surface area contributed by atoms with Gasteiger partial charge >= 0.3 is 6.18 Å². The van der Waals surface area contributed by atoms with Crippen molar-refractivity contribution in [2.75, 3.05) is 23.1 Å². The third-order valence-corrected chi connectivity index (χ3v) is 4.47. The Bertz CT molecular complexity index is 624. The third-order valence-electron chi connectivity index (χ3n) is 2.91. The number of nitrogen functional groups attached to an aromatic ring is 1. The number of hydrogen-bond acceptors (Lipinski definition) is 3. The summed E-state index contributed by atoms with van der Waals surface area (Å²) in [6, 6.07) is 0.624. The van der Waals surface area contributed by atoms with Crippen LogP contribution in [-0.4, -0.2) is 22.1 Å². The van der Waals surface area contributed by atoms with Crippen LogP contribution >= 0.6 is 23.2 Å². The number of unbranched alkanes of at least 4 members (excludes halogenated alkanes) is 1. The number of nitrogens with two attached hydrogens (primary N) is 1. The van der Waals surface area contributed by atoms with Crippen molar-refractivity contribution in [3.8, 4) is 0 Å². The zero-order valence-corrected chi connectivity index (χ0v) is 14.4. The van der Waals surface area contributed by atoms with E-state index in [1.807, 2.05) is 0 Å². The molecule has 0 aliphatic heterocycles. The molecule has 130 valence electrons. The fraction of sp³-hybridized carbons (Fsp3) is 0.462. The molecule has 0 aliphatic rings. The van der Waals surface area contributed by atoms with Gasteiger partial charge in [0.1, 0.15) is 0 Å². The first-order valence-corrected chi connectivity index (χ1v) is 8.97. The van der Waals surface area contributed by atoms with E-state index in [-0.39, 0.29) is 17.1 Å². The van der Waals surface area contributed by atoms with Crippen LogP contribution in [0.4, 0.5) is 24.5 Å². The monoisotopic (exact) mass is 390 g/mol. The summed E-state index contributed by atoms with van der Waals surface area (Å²) in [5.74, 6) is 0.0111. The van der Waals surface area contributed by atoms with Crippen LogP contribution in [0.25, 0.3) is 0 Å². The minimum Gasteiger partial charge on any atom is -0.397 e. The number of alkyl halides is 3. The normalized spacial score (nSPS) is 13.0. The summed E-state index contributed by atoms with van der Waals surface area (Å²) in [5.41, 5.74) is 3.37. The molecule has 4 nitrogen and oxygen atoms in total. The van der Waals surface area contributed by atoms with Gasteiger partial charge in [-0.1, -0.05) is 23.2 Å². The zero-order chi connectivity index (χ0) is 17.8. The Balaban J connectivity index is 2.83. The van der Waals surface area contributed by atoms with Crippen LogP contribution < -0.4 is 11.1 Å². The molecule has 10 heteroatoms. The first-order valence-electron chi connectivity index (χ1n) is 6.48. The molecule has 1 unspecified atom stereocenters. The third kappa shape index (κ3) is 5.86. The molecule has 0 radical (unpaired) electrons. The minimum atomic E-state index is -4.70. The highest BCUT2D eigenvalue weighted by molar-refractivity contribution is 7.84. The molecule has 0 bridgehead atoms. The summed E-state index contributed by atoms with van der Waals surface area (Å²) < 4.78 is 49.2. The molecule has 0 fully saturated rings. The van der Waals surface area contributed by atoms with Gasteiger partial charge in [-0.25, -0.2) is 0 Å². The lowest BCUT2D eigenvalue weighted by molar-refractivity contribution is -0.136. The van der Waals surface area contributed by atoms with Gasteiger partial charge in [0.15, 0.2) is 0 Å². The smallest absolute Gasteiger partial charge is 0.397 e. The van der Waals surface area contributed by atoms with Crippen molar-refractivity contribution in [3.63, 3.8) is 0 Å². The molecule has 0 aliphatic carbocycles. The van der Waals surface area contributed by atoms with Crippen molar-refractivity contribution in [1.29, 1.82) is 0 Å². The van der Waals surface area contributed by atoms with Crippen molar-refractivity contribution in [1.82, 2.24) is 0 Å². The van der Waals surface area contributed by atoms with Crippen LogP contribution in [0.15, 0.2) is 6.07 Å². The lowest BCUT2D eigenvalue weighted by Crippen LogP contribution is -2.15. The second-order valence-corrected chi connectivity index (χ2v) is 7.13. The molecule has 0 saturated heterocycles. The Morgan fingerprint density at radius 1 is 1.35 bits per heavy atom. The predicted octanol–water partition coefficient (Wildman–Crippen LogP) is 4.08. The number of amides is 1. The molecule has 0 heterocycles. The number of nitrogens with one attached hydrogen (secondary N) is 1. The maximum Gasteiger partial charge on any atom is 0.418 e. The second-order valence-electron chi connectivity index (χ2n) is 4.79. The van der Waals surface area contributed by atoms with Crippen LogP contribution in [0.1, 0.15) is 24.8 Å². The van der Waals surface area contributed by atoms with E-state index in [9.17, 15) is 22.2 Å². The summed E-state index contributed by atoms with van der Waals surface area (Å²) in [4.78, 5) is 11.8. The van der Waals surface area contributed by atoms with Gasteiger partial charge in [-0.3, -0.25) is 9.00 Å². The summed E-state index contributed by atoms with van der Waals surface area (Å²) in [6.45, 7) is 0. The molecule has 0 spiro atoms. The molecule has 1 aromatic rings. The first kappa shape index (κ1) is 20.1. The van der Waals surface area contributed by atoms with Crippen LogP contribution in [0.2, 0.25) is 10.0 Å². The molecule has 0 saturated carbocycles. The summed E-state index contributed by atoms with van der Waals surface area (Å²) >= 11 is 11.6. The first-order chi connectivity index (χ1) is 10.5. The SMILES string of the molecule is CS(=O)CCCCC(=O)Nc1c(Cl)cc(C(F)(F)F)c(N)c1Cl. The molecule has 1 atom stereocenters. The fourth-order valence-electron chi connectivity index (χ4n) is 1.78. The molecular weight excluding hydrogens is 376 g/mol. The van der Waals surface area contributed by atoms with Gasteiger partial charge in [-0.05, 0) is 18.9 Å². The van der Waals surface area contributed by atoms with E-state index >= 15 is 0 Å². The van der Waals surface area contributed by atoms with E-state index in [1.165, 1.54) is 0 Å². The number of hydrogen-bond donors (Lipinski definition) is 2. The van der Waals surface area contributed by atoms with Gasteiger partial charge in [0.2, 0.25) is 5.91 Å². The molecule has 0 aromatic heterocycles. The van der Waals surface area contributed by atoms with E-state index in [2.05, 4.69) is 5.32 Å². The molecule has 3 N–H and O–H groups in total. The standard InChI is InChI=1S/C13H15Cl2F3N2O2S/c1-23(22)5-3-2-4-9(21)20-12-8(14)6-7(13(16,17)18)11(19)10(12)15/h6H,2-5,19H2,1H3,(H,20,21). The van der Waals surface area contributed by atoms with Gasteiger partial charge in [0, 0.05) is 29.2 Å². The summed E-state index contributed by atoms with van der Waals surface area (Å²) in [5, 5.41) is 1.56.